The van der Waals surface area contributed by atoms with Gasteiger partial charge in [0.05, 0.1) is 23.0 Å². The standard InChI is InChI=1S/C26H30FN5O4/c1-15-13-19(14-18(22(15)27)8-7-16(2)33)32-23(31-12-10-28-24(31)34)21-17(3)30(11-9-20(21)29-32)25(35)36-26(4,5)6/h10,12-14,16-17,33H,9,11H2,1-6H3,(H,28,34)/t16-,17+/m1/s1. The molecule has 0 saturated heterocycles. The Balaban J connectivity index is 1.91. The first-order chi connectivity index (χ1) is 16.9. The fourth-order valence-corrected chi connectivity index (χ4v) is 4.27. The third-order valence-corrected chi connectivity index (χ3v) is 5.85. The van der Waals surface area contributed by atoms with Crippen LogP contribution in [0.3, 0.4) is 0 Å². The highest BCUT2D eigenvalue weighted by atomic mass is 19.1. The lowest BCUT2D eigenvalue weighted by Gasteiger charge is -2.34. The van der Waals surface area contributed by atoms with Crippen molar-refractivity contribution in [1.29, 1.82) is 0 Å². The van der Waals surface area contributed by atoms with E-state index in [1.54, 1.807) is 28.8 Å². The molecular formula is C26H30FN5O4. The molecule has 1 aromatic carbocycles. The monoisotopic (exact) mass is 495 g/mol. The van der Waals surface area contributed by atoms with Crippen LogP contribution < -0.4 is 5.69 Å². The topological polar surface area (TPSA) is 105 Å². The Labute approximate surface area is 208 Å². The normalized spacial score (nSPS) is 16.2. The SMILES string of the molecule is Cc1cc(-n2nc3c(c2-n2cc[nH]c2=O)[C@H](C)N(C(=O)OC(C)(C)C)CC3)cc(C#C[C@@H](C)O)c1F. The van der Waals surface area contributed by atoms with Crippen LogP contribution in [0.15, 0.2) is 29.3 Å². The van der Waals surface area contributed by atoms with Crippen molar-refractivity contribution < 1.29 is 19.0 Å². The summed E-state index contributed by atoms with van der Waals surface area (Å²) in [5, 5.41) is 14.3. The van der Waals surface area contributed by atoms with Gasteiger partial charge in [0.25, 0.3) is 0 Å². The highest BCUT2D eigenvalue weighted by Crippen LogP contribution is 2.36. The van der Waals surface area contributed by atoms with Gasteiger partial charge in [0.2, 0.25) is 0 Å². The van der Waals surface area contributed by atoms with E-state index in [2.05, 4.69) is 16.8 Å². The number of nitrogens with zero attached hydrogens (tertiary/aromatic N) is 4. The predicted molar refractivity (Wildman–Crippen MR) is 132 cm³/mol. The molecule has 2 atom stereocenters. The molecule has 0 unspecified atom stereocenters. The predicted octanol–water partition coefficient (Wildman–Crippen LogP) is 3.39. The number of aromatic nitrogens is 4. The fraction of sp³-hybridized carbons (Fsp3) is 0.423. The van der Waals surface area contributed by atoms with E-state index in [0.717, 1.165) is 5.69 Å². The first-order valence-electron chi connectivity index (χ1n) is 11.8. The number of amides is 1. The maximum absolute atomic E-state index is 14.8. The second-order valence-electron chi connectivity index (χ2n) is 9.90. The molecule has 0 bridgehead atoms. The third kappa shape index (κ3) is 4.79. The summed E-state index contributed by atoms with van der Waals surface area (Å²) in [5.74, 6) is 5.20. The van der Waals surface area contributed by atoms with Crippen LogP contribution in [0, 0.1) is 24.6 Å². The number of nitrogens with one attached hydrogen (secondary N) is 1. The van der Waals surface area contributed by atoms with Gasteiger partial charge in [-0.25, -0.2) is 18.7 Å². The maximum atomic E-state index is 14.8. The van der Waals surface area contributed by atoms with Gasteiger partial charge in [0.15, 0.2) is 0 Å². The van der Waals surface area contributed by atoms with E-state index in [4.69, 9.17) is 9.84 Å². The van der Waals surface area contributed by atoms with E-state index in [-0.39, 0.29) is 11.3 Å². The lowest BCUT2D eigenvalue weighted by atomic mass is 9.99. The van der Waals surface area contributed by atoms with Crippen molar-refractivity contribution in [2.24, 2.45) is 0 Å². The van der Waals surface area contributed by atoms with E-state index < -0.39 is 29.7 Å². The van der Waals surface area contributed by atoms with Gasteiger partial charge in [-0.2, -0.15) is 5.10 Å². The van der Waals surface area contributed by atoms with Crippen LogP contribution in [-0.2, 0) is 11.2 Å². The average Bonchev–Trinajstić information content (AvgIpc) is 3.36. The summed E-state index contributed by atoms with van der Waals surface area (Å²) in [7, 11) is 0. The van der Waals surface area contributed by atoms with Crippen molar-refractivity contribution in [1.82, 2.24) is 24.2 Å². The molecule has 9 nitrogen and oxygen atoms in total. The van der Waals surface area contributed by atoms with Gasteiger partial charge in [0, 0.05) is 30.9 Å². The Morgan fingerprint density at radius 1 is 1.36 bits per heavy atom. The van der Waals surface area contributed by atoms with E-state index in [1.807, 2.05) is 27.7 Å². The number of aromatic amines is 1. The summed E-state index contributed by atoms with van der Waals surface area (Å²) in [6.45, 7) is 10.8. The second-order valence-corrected chi connectivity index (χ2v) is 9.90. The number of halogens is 1. The first kappa shape index (κ1) is 25.3. The van der Waals surface area contributed by atoms with Gasteiger partial charge >= 0.3 is 11.8 Å². The lowest BCUT2D eigenvalue weighted by molar-refractivity contribution is 0.0159. The van der Waals surface area contributed by atoms with Crippen molar-refractivity contribution in [3.63, 3.8) is 0 Å². The fourth-order valence-electron chi connectivity index (χ4n) is 4.27. The van der Waals surface area contributed by atoms with Gasteiger partial charge < -0.3 is 19.7 Å². The lowest BCUT2D eigenvalue weighted by Crippen LogP contribution is -2.42. The molecule has 0 fully saturated rings. The van der Waals surface area contributed by atoms with Gasteiger partial charge in [-0.1, -0.05) is 11.8 Å². The molecule has 4 rings (SSSR count). The highest BCUT2D eigenvalue weighted by molar-refractivity contribution is 5.70. The van der Waals surface area contributed by atoms with E-state index in [1.165, 1.54) is 23.8 Å². The molecule has 1 aliphatic heterocycles. The Morgan fingerprint density at radius 2 is 2.08 bits per heavy atom. The van der Waals surface area contributed by atoms with Crippen LogP contribution in [0.5, 0.6) is 0 Å². The Bertz CT molecular complexity index is 1430. The van der Waals surface area contributed by atoms with Crippen LogP contribution in [0.2, 0.25) is 0 Å². The number of carbonyl (C=O) groups excluding carboxylic acids is 1. The minimum absolute atomic E-state index is 0.107. The number of fused-ring (bicyclic) bond motifs is 1. The molecule has 0 radical (unpaired) electrons. The summed E-state index contributed by atoms with van der Waals surface area (Å²) in [6, 6.07) is 2.72. The zero-order valence-electron chi connectivity index (χ0n) is 21.2. The molecule has 36 heavy (non-hydrogen) atoms. The molecule has 1 aliphatic rings. The Kier molecular flexibility index (Phi) is 6.54. The van der Waals surface area contributed by atoms with Gasteiger partial charge in [-0.15, -0.1) is 0 Å². The van der Waals surface area contributed by atoms with Crippen LogP contribution in [0.25, 0.3) is 11.5 Å². The minimum atomic E-state index is -0.918. The van der Waals surface area contributed by atoms with E-state index >= 15 is 0 Å². The zero-order chi connectivity index (χ0) is 26.4. The first-order valence-corrected chi connectivity index (χ1v) is 11.8. The number of aliphatic hydroxyl groups is 1. The second kappa shape index (κ2) is 9.32. The summed E-state index contributed by atoms with van der Waals surface area (Å²) < 4.78 is 23.4. The molecule has 10 heteroatoms. The molecule has 2 aromatic heterocycles. The molecular weight excluding hydrogens is 465 g/mol. The summed E-state index contributed by atoms with van der Waals surface area (Å²) in [6.07, 6.45) is 2.18. The van der Waals surface area contributed by atoms with Crippen molar-refractivity contribution in [3.05, 3.63) is 63.2 Å². The number of benzene rings is 1. The highest BCUT2D eigenvalue weighted by Gasteiger charge is 2.36. The largest absolute Gasteiger partial charge is 0.444 e. The molecule has 0 saturated carbocycles. The number of H-pyrrole nitrogens is 1. The van der Waals surface area contributed by atoms with E-state index in [0.29, 0.717) is 35.6 Å². The summed E-state index contributed by atoms with van der Waals surface area (Å²) >= 11 is 0. The Hall–Kier alpha value is -3.84. The van der Waals surface area contributed by atoms with Crippen LogP contribution >= 0.6 is 0 Å². The number of imidazole rings is 1. The molecule has 3 aromatic rings. The van der Waals surface area contributed by atoms with Gasteiger partial charge in [-0.3, -0.25) is 4.57 Å². The number of rotatable bonds is 2. The van der Waals surface area contributed by atoms with Crippen LogP contribution in [0.4, 0.5) is 9.18 Å². The van der Waals surface area contributed by atoms with Gasteiger partial charge in [-0.05, 0) is 59.2 Å². The van der Waals surface area contributed by atoms with Crippen molar-refractivity contribution in [2.45, 2.75) is 65.7 Å². The van der Waals surface area contributed by atoms with Crippen molar-refractivity contribution in [2.75, 3.05) is 6.54 Å². The van der Waals surface area contributed by atoms with Gasteiger partial charge in [0.1, 0.15) is 23.3 Å². The van der Waals surface area contributed by atoms with Crippen LogP contribution in [-0.4, -0.2) is 53.7 Å². The van der Waals surface area contributed by atoms with E-state index in [9.17, 15) is 19.1 Å². The third-order valence-electron chi connectivity index (χ3n) is 5.85. The number of aryl methyl sites for hydroxylation is 1. The zero-order valence-corrected chi connectivity index (χ0v) is 21.2. The molecule has 2 N–H and O–H groups in total. The van der Waals surface area contributed by atoms with Crippen LogP contribution in [0.1, 0.15) is 63.0 Å². The maximum Gasteiger partial charge on any atom is 0.410 e. The molecule has 1 amide bonds. The minimum Gasteiger partial charge on any atom is -0.444 e. The molecule has 190 valence electrons. The number of hydrogen-bond donors (Lipinski definition) is 2. The summed E-state index contributed by atoms with van der Waals surface area (Å²) in [5.41, 5.74) is 1.33. The molecule has 3 heterocycles. The van der Waals surface area contributed by atoms with Crippen molar-refractivity contribution >= 4 is 6.09 Å². The molecule has 0 spiro atoms. The number of aliphatic hydroxyl groups excluding tert-OH is 1. The average molecular weight is 496 g/mol. The number of ether oxygens (including phenoxy) is 1. The Morgan fingerprint density at radius 3 is 2.69 bits per heavy atom. The molecule has 0 aliphatic carbocycles. The smallest absolute Gasteiger partial charge is 0.410 e. The quantitative estimate of drug-likeness (QED) is 0.531. The van der Waals surface area contributed by atoms with Crippen molar-refractivity contribution in [3.8, 4) is 23.3 Å². The summed E-state index contributed by atoms with van der Waals surface area (Å²) in [4.78, 5) is 29.9. The number of carbonyl (C=O) groups is 1. The number of hydrogen-bond acceptors (Lipinski definition) is 5.